The number of ether oxygens (including phenoxy) is 1. The van der Waals surface area contributed by atoms with Gasteiger partial charge >= 0.3 is 0 Å². The molecule has 0 saturated heterocycles. The van der Waals surface area contributed by atoms with Crippen molar-refractivity contribution < 1.29 is 4.74 Å². The van der Waals surface area contributed by atoms with E-state index in [2.05, 4.69) is 5.32 Å². The third-order valence-corrected chi connectivity index (χ3v) is 2.60. The van der Waals surface area contributed by atoms with Crippen LogP contribution in [0, 0.1) is 0 Å². The molecule has 1 N–H and O–H groups in total. The summed E-state index contributed by atoms with van der Waals surface area (Å²) in [5.41, 5.74) is 1.15. The average Bonchev–Trinajstić information content (AvgIpc) is 2.19. The van der Waals surface area contributed by atoms with Crippen molar-refractivity contribution in [3.63, 3.8) is 0 Å². The van der Waals surface area contributed by atoms with Crippen LogP contribution in [0.15, 0.2) is 24.3 Å². The highest BCUT2D eigenvalue weighted by atomic mass is 35.5. The monoisotopic (exact) mass is 213 g/mol. The van der Waals surface area contributed by atoms with Crippen molar-refractivity contribution in [1.82, 2.24) is 5.32 Å². The lowest BCUT2D eigenvalue weighted by molar-refractivity contribution is 0.0857. The second-order valence-electron chi connectivity index (χ2n) is 3.26. The summed E-state index contributed by atoms with van der Waals surface area (Å²) in [7, 11) is 3.63. The topological polar surface area (TPSA) is 21.3 Å². The molecule has 0 spiro atoms. The van der Waals surface area contributed by atoms with Gasteiger partial charge < -0.3 is 10.1 Å². The molecule has 0 aliphatic rings. The molecule has 1 aromatic rings. The SMILES string of the molecule is CNC(c1cccc(Cl)c1)C(C)OC. The highest BCUT2D eigenvalue weighted by Gasteiger charge is 2.16. The molecule has 1 aromatic carbocycles. The van der Waals surface area contributed by atoms with Crippen molar-refractivity contribution in [3.8, 4) is 0 Å². The van der Waals surface area contributed by atoms with Crippen LogP contribution in [-0.4, -0.2) is 20.3 Å². The summed E-state index contributed by atoms with van der Waals surface area (Å²) in [6.45, 7) is 2.03. The Morgan fingerprint density at radius 3 is 2.64 bits per heavy atom. The van der Waals surface area contributed by atoms with Gasteiger partial charge in [0.15, 0.2) is 0 Å². The summed E-state index contributed by atoms with van der Waals surface area (Å²) >= 11 is 5.93. The molecular formula is C11H16ClNO. The molecule has 3 heteroatoms. The summed E-state index contributed by atoms with van der Waals surface area (Å²) in [6, 6.07) is 8.00. The summed E-state index contributed by atoms with van der Waals surface area (Å²) in [6.07, 6.45) is 0.124. The lowest BCUT2D eigenvalue weighted by atomic mass is 10.0. The van der Waals surface area contributed by atoms with Gasteiger partial charge in [-0.15, -0.1) is 0 Å². The zero-order valence-electron chi connectivity index (χ0n) is 8.75. The number of halogens is 1. The highest BCUT2D eigenvalue weighted by Crippen LogP contribution is 2.21. The van der Waals surface area contributed by atoms with Gasteiger partial charge in [-0.1, -0.05) is 23.7 Å². The molecule has 2 unspecified atom stereocenters. The molecular weight excluding hydrogens is 198 g/mol. The predicted molar refractivity (Wildman–Crippen MR) is 59.7 cm³/mol. The normalized spacial score (nSPS) is 15.1. The van der Waals surface area contributed by atoms with Crippen LogP contribution in [0.1, 0.15) is 18.5 Å². The van der Waals surface area contributed by atoms with Crippen LogP contribution >= 0.6 is 11.6 Å². The van der Waals surface area contributed by atoms with E-state index >= 15 is 0 Å². The first-order valence-corrected chi connectivity index (χ1v) is 5.02. The van der Waals surface area contributed by atoms with Crippen molar-refractivity contribution in [2.45, 2.75) is 19.1 Å². The van der Waals surface area contributed by atoms with E-state index < -0.39 is 0 Å². The Bertz CT molecular complexity index is 290. The lowest BCUT2D eigenvalue weighted by Crippen LogP contribution is -2.28. The van der Waals surface area contributed by atoms with Gasteiger partial charge in [0.2, 0.25) is 0 Å². The third-order valence-electron chi connectivity index (χ3n) is 2.36. The molecule has 0 heterocycles. The summed E-state index contributed by atoms with van der Waals surface area (Å²) in [5, 5.41) is 3.97. The Morgan fingerprint density at radius 2 is 2.14 bits per heavy atom. The Kier molecular flexibility index (Phi) is 4.39. The Hall–Kier alpha value is -0.570. The quantitative estimate of drug-likeness (QED) is 0.831. The summed E-state index contributed by atoms with van der Waals surface area (Å²) in [5.74, 6) is 0. The number of methoxy groups -OCH3 is 1. The number of hydrogen-bond acceptors (Lipinski definition) is 2. The third kappa shape index (κ3) is 2.71. The van der Waals surface area contributed by atoms with Crippen LogP contribution in [0.2, 0.25) is 5.02 Å². The zero-order valence-corrected chi connectivity index (χ0v) is 9.51. The van der Waals surface area contributed by atoms with Gasteiger partial charge in [0.25, 0.3) is 0 Å². The van der Waals surface area contributed by atoms with E-state index in [1.54, 1.807) is 7.11 Å². The molecule has 14 heavy (non-hydrogen) atoms. The zero-order chi connectivity index (χ0) is 10.6. The summed E-state index contributed by atoms with van der Waals surface area (Å²) in [4.78, 5) is 0. The minimum Gasteiger partial charge on any atom is -0.380 e. The molecule has 0 aliphatic carbocycles. The van der Waals surface area contributed by atoms with Crippen molar-refractivity contribution >= 4 is 11.6 Å². The van der Waals surface area contributed by atoms with Gasteiger partial charge in [-0.3, -0.25) is 0 Å². The molecule has 2 atom stereocenters. The fraction of sp³-hybridized carbons (Fsp3) is 0.455. The molecule has 0 bridgehead atoms. The van der Waals surface area contributed by atoms with E-state index in [4.69, 9.17) is 16.3 Å². The molecule has 78 valence electrons. The number of nitrogens with one attached hydrogen (secondary N) is 1. The smallest absolute Gasteiger partial charge is 0.0737 e. The molecule has 0 amide bonds. The Balaban J connectivity index is 2.89. The van der Waals surface area contributed by atoms with Gasteiger partial charge in [0.1, 0.15) is 0 Å². The van der Waals surface area contributed by atoms with E-state index in [1.165, 1.54) is 0 Å². The molecule has 0 saturated carbocycles. The van der Waals surface area contributed by atoms with Gasteiger partial charge in [-0.2, -0.15) is 0 Å². The molecule has 2 nitrogen and oxygen atoms in total. The first kappa shape index (κ1) is 11.5. The summed E-state index contributed by atoms with van der Waals surface area (Å²) < 4.78 is 5.29. The fourth-order valence-corrected chi connectivity index (χ4v) is 1.71. The van der Waals surface area contributed by atoms with Gasteiger partial charge in [-0.05, 0) is 31.7 Å². The maximum Gasteiger partial charge on any atom is 0.0737 e. The molecule has 1 rings (SSSR count). The van der Waals surface area contributed by atoms with E-state index in [1.807, 2.05) is 38.2 Å². The largest absolute Gasteiger partial charge is 0.380 e. The maximum absolute atomic E-state index is 5.93. The van der Waals surface area contributed by atoms with Crippen molar-refractivity contribution in [2.24, 2.45) is 0 Å². The standard InChI is InChI=1S/C11H16ClNO/c1-8(14-3)11(13-2)9-5-4-6-10(12)7-9/h4-8,11,13H,1-3H3. The maximum atomic E-state index is 5.93. The van der Waals surface area contributed by atoms with Crippen molar-refractivity contribution in [2.75, 3.05) is 14.2 Å². The molecule has 0 radical (unpaired) electrons. The van der Waals surface area contributed by atoms with Crippen LogP contribution in [0.25, 0.3) is 0 Å². The van der Waals surface area contributed by atoms with E-state index in [0.717, 1.165) is 10.6 Å². The van der Waals surface area contributed by atoms with Crippen LogP contribution < -0.4 is 5.32 Å². The first-order chi connectivity index (χ1) is 6.69. The van der Waals surface area contributed by atoms with Crippen molar-refractivity contribution in [3.05, 3.63) is 34.9 Å². The van der Waals surface area contributed by atoms with Crippen LogP contribution in [-0.2, 0) is 4.74 Å². The lowest BCUT2D eigenvalue weighted by Gasteiger charge is -2.22. The van der Waals surface area contributed by atoms with Crippen LogP contribution in [0.5, 0.6) is 0 Å². The average molecular weight is 214 g/mol. The Morgan fingerprint density at radius 1 is 1.43 bits per heavy atom. The second-order valence-corrected chi connectivity index (χ2v) is 3.70. The van der Waals surface area contributed by atoms with E-state index in [-0.39, 0.29) is 12.1 Å². The van der Waals surface area contributed by atoms with E-state index in [0.29, 0.717) is 0 Å². The van der Waals surface area contributed by atoms with Crippen LogP contribution in [0.3, 0.4) is 0 Å². The number of rotatable bonds is 4. The first-order valence-electron chi connectivity index (χ1n) is 4.64. The number of hydrogen-bond donors (Lipinski definition) is 1. The van der Waals surface area contributed by atoms with Crippen LogP contribution in [0.4, 0.5) is 0 Å². The van der Waals surface area contributed by atoms with Gasteiger partial charge in [0, 0.05) is 12.1 Å². The predicted octanol–water partition coefficient (Wildman–Crippen LogP) is 2.64. The van der Waals surface area contributed by atoms with Gasteiger partial charge in [-0.25, -0.2) is 0 Å². The number of benzene rings is 1. The molecule has 0 fully saturated rings. The number of likely N-dealkylation sites (N-methyl/N-ethyl adjacent to an activating group) is 1. The molecule has 0 aromatic heterocycles. The van der Waals surface area contributed by atoms with E-state index in [9.17, 15) is 0 Å². The van der Waals surface area contributed by atoms with Gasteiger partial charge in [0.05, 0.1) is 12.1 Å². The minimum atomic E-state index is 0.124. The fourth-order valence-electron chi connectivity index (χ4n) is 1.51. The highest BCUT2D eigenvalue weighted by molar-refractivity contribution is 6.30. The Labute approximate surface area is 90.2 Å². The molecule has 0 aliphatic heterocycles. The van der Waals surface area contributed by atoms with Crippen molar-refractivity contribution in [1.29, 1.82) is 0 Å². The second kappa shape index (κ2) is 5.35. The minimum absolute atomic E-state index is 0.124.